The zero-order chi connectivity index (χ0) is 27.7. The van der Waals surface area contributed by atoms with E-state index in [0.717, 1.165) is 5.52 Å². The second kappa shape index (κ2) is 10.1. The number of anilines is 2. The molecule has 39 heavy (non-hydrogen) atoms. The van der Waals surface area contributed by atoms with Crippen molar-refractivity contribution in [2.75, 3.05) is 22.7 Å². The first kappa shape index (κ1) is 25.8. The molecule has 3 aromatic carbocycles. The molecule has 0 unspecified atom stereocenters. The van der Waals surface area contributed by atoms with Crippen LogP contribution in [0.25, 0.3) is 17.1 Å². The van der Waals surface area contributed by atoms with E-state index in [9.17, 15) is 18.3 Å². The third kappa shape index (κ3) is 5.27. The van der Waals surface area contributed by atoms with Crippen molar-refractivity contribution in [3.63, 3.8) is 0 Å². The summed E-state index contributed by atoms with van der Waals surface area (Å²) in [4.78, 5) is 17.5. The Balaban J connectivity index is 1.39. The van der Waals surface area contributed by atoms with Gasteiger partial charge in [0.2, 0.25) is 0 Å². The quantitative estimate of drug-likeness (QED) is 0.184. The highest BCUT2D eigenvalue weighted by atomic mass is 32.2. The maximum absolute atomic E-state index is 13.5. The molecule has 0 saturated carbocycles. The van der Waals surface area contributed by atoms with E-state index in [0.29, 0.717) is 39.6 Å². The number of aromatic nitrogens is 2. The lowest BCUT2D eigenvalue weighted by Crippen LogP contribution is -2.33. The van der Waals surface area contributed by atoms with Crippen LogP contribution in [0.4, 0.5) is 11.4 Å². The number of hydrogen-bond acceptors (Lipinski definition) is 7. The van der Waals surface area contributed by atoms with Crippen molar-refractivity contribution in [1.82, 2.24) is 9.55 Å². The van der Waals surface area contributed by atoms with E-state index in [1.54, 1.807) is 66.7 Å². The number of nitrogens with zero attached hydrogens (tertiary/aromatic N) is 3. The van der Waals surface area contributed by atoms with Gasteiger partial charge in [-0.1, -0.05) is 24.3 Å². The summed E-state index contributed by atoms with van der Waals surface area (Å²) in [5, 5.41) is 16.8. The SMILES string of the molecule is Cn1c(COc2ccc(C(=N)N)cc2)nc2cc(NS(=O)(=O)c3cccc4c3N(CC(=O)O)CC=C4)ccc21. The van der Waals surface area contributed by atoms with Gasteiger partial charge in [0.1, 0.15) is 35.5 Å². The number of nitrogen functional groups attached to an aromatic ring is 1. The van der Waals surface area contributed by atoms with Crippen LogP contribution in [0.5, 0.6) is 5.75 Å². The number of para-hydroxylation sites is 1. The van der Waals surface area contributed by atoms with E-state index in [1.807, 2.05) is 11.6 Å². The van der Waals surface area contributed by atoms with Crippen molar-refractivity contribution in [3.05, 3.63) is 83.7 Å². The largest absolute Gasteiger partial charge is 0.486 e. The zero-order valence-electron chi connectivity index (χ0n) is 21.0. The number of nitrogens with one attached hydrogen (secondary N) is 2. The van der Waals surface area contributed by atoms with Crippen LogP contribution in [0.1, 0.15) is 17.0 Å². The van der Waals surface area contributed by atoms with Crippen molar-refractivity contribution in [2.45, 2.75) is 11.5 Å². The topological polar surface area (TPSA) is 164 Å². The Morgan fingerprint density at radius 2 is 1.95 bits per heavy atom. The second-order valence-electron chi connectivity index (χ2n) is 8.99. The van der Waals surface area contributed by atoms with Crippen LogP contribution in [0.3, 0.4) is 0 Å². The summed E-state index contributed by atoms with van der Waals surface area (Å²) in [6.45, 7) is 0.141. The number of hydrogen-bond donors (Lipinski definition) is 4. The van der Waals surface area contributed by atoms with Crippen LogP contribution in [-0.4, -0.2) is 48.0 Å². The smallest absolute Gasteiger partial charge is 0.323 e. The number of aliphatic carboxylic acids is 1. The molecule has 0 spiro atoms. The fourth-order valence-corrected chi connectivity index (χ4v) is 5.77. The fraction of sp³-hybridized carbons (Fsp3) is 0.148. The summed E-state index contributed by atoms with van der Waals surface area (Å²) >= 11 is 0. The molecule has 1 aliphatic rings. The standard InChI is InChI=1S/C27H26N6O5S/c1-32-22-12-9-19(14-21(22)30-24(32)16-38-20-10-7-18(8-11-20)27(28)29)31-39(36,37)23-6-2-4-17-5-3-13-33(26(17)23)15-25(34)35/h2-12,14,31H,13,15-16H2,1H3,(H3,28,29)(H,34,35). The number of imidazole rings is 1. The average molecular weight is 547 g/mol. The summed E-state index contributed by atoms with van der Waals surface area (Å²) < 4.78 is 37.2. The molecule has 1 aliphatic heterocycles. The fourth-order valence-electron chi connectivity index (χ4n) is 4.47. The highest BCUT2D eigenvalue weighted by Gasteiger charge is 2.27. The predicted octanol–water partition coefficient (Wildman–Crippen LogP) is 3.15. The minimum Gasteiger partial charge on any atom is -0.486 e. The monoisotopic (exact) mass is 546 g/mol. The number of nitrogens with two attached hydrogens (primary N) is 1. The van der Waals surface area contributed by atoms with Gasteiger partial charge in [0.15, 0.2) is 0 Å². The van der Waals surface area contributed by atoms with Crippen molar-refractivity contribution < 1.29 is 23.1 Å². The Kier molecular flexibility index (Phi) is 6.71. The first-order chi connectivity index (χ1) is 18.6. The van der Waals surface area contributed by atoms with Gasteiger partial charge in [-0.3, -0.25) is 14.9 Å². The van der Waals surface area contributed by atoms with E-state index in [2.05, 4.69) is 9.71 Å². The van der Waals surface area contributed by atoms with Gasteiger partial charge in [-0.05, 0) is 54.1 Å². The molecule has 0 radical (unpaired) electrons. The average Bonchev–Trinajstić information content (AvgIpc) is 3.21. The lowest BCUT2D eigenvalue weighted by Gasteiger charge is -2.28. The van der Waals surface area contributed by atoms with Crippen molar-refractivity contribution in [2.24, 2.45) is 12.8 Å². The third-order valence-corrected chi connectivity index (χ3v) is 7.76. The number of rotatable bonds is 9. The molecule has 200 valence electrons. The normalized spacial score (nSPS) is 12.8. The molecule has 5 rings (SSSR count). The van der Waals surface area contributed by atoms with Gasteiger partial charge < -0.3 is 25.0 Å². The van der Waals surface area contributed by atoms with Gasteiger partial charge in [0.25, 0.3) is 10.0 Å². The van der Waals surface area contributed by atoms with Gasteiger partial charge in [-0.2, -0.15) is 0 Å². The molecule has 12 heteroatoms. The molecule has 0 bridgehead atoms. The molecule has 2 heterocycles. The first-order valence-corrected chi connectivity index (χ1v) is 13.4. The molecule has 5 N–H and O–H groups in total. The Labute approximate surface area is 224 Å². The zero-order valence-corrected chi connectivity index (χ0v) is 21.8. The Hall–Kier alpha value is -4.84. The van der Waals surface area contributed by atoms with Crippen molar-refractivity contribution in [1.29, 1.82) is 5.41 Å². The molecule has 4 aromatic rings. The van der Waals surface area contributed by atoms with Crippen LogP contribution in [-0.2, 0) is 28.5 Å². The molecule has 0 atom stereocenters. The molecular weight excluding hydrogens is 520 g/mol. The maximum Gasteiger partial charge on any atom is 0.323 e. The molecule has 0 saturated heterocycles. The molecule has 11 nitrogen and oxygen atoms in total. The number of ether oxygens (including phenoxy) is 1. The van der Waals surface area contributed by atoms with Gasteiger partial charge >= 0.3 is 5.97 Å². The van der Waals surface area contributed by atoms with Crippen molar-refractivity contribution >= 4 is 50.3 Å². The van der Waals surface area contributed by atoms with Gasteiger partial charge in [-0.15, -0.1) is 0 Å². The van der Waals surface area contributed by atoms with Crippen molar-refractivity contribution in [3.8, 4) is 5.75 Å². The second-order valence-corrected chi connectivity index (χ2v) is 10.6. The van der Waals surface area contributed by atoms with E-state index in [4.69, 9.17) is 15.9 Å². The molecule has 1 aromatic heterocycles. The summed E-state index contributed by atoms with van der Waals surface area (Å²) in [5.74, 6) is 0.155. The number of amidine groups is 1. The number of carboxylic acids is 1. The minimum atomic E-state index is -4.05. The van der Waals surface area contributed by atoms with Crippen LogP contribution in [0.2, 0.25) is 0 Å². The minimum absolute atomic E-state index is 0.00315. The summed E-state index contributed by atoms with van der Waals surface area (Å²) in [5.41, 5.74) is 8.76. The molecular formula is C27H26N6O5S. The molecule has 0 amide bonds. The summed E-state index contributed by atoms with van der Waals surface area (Å²) in [6.07, 6.45) is 3.58. The number of carbonyl (C=O) groups is 1. The van der Waals surface area contributed by atoms with Gasteiger partial charge in [0.05, 0.1) is 22.4 Å². The van der Waals surface area contributed by atoms with E-state index < -0.39 is 16.0 Å². The summed E-state index contributed by atoms with van der Waals surface area (Å²) in [6, 6.07) is 16.8. The third-order valence-electron chi connectivity index (χ3n) is 6.34. The highest BCUT2D eigenvalue weighted by Crippen LogP contribution is 2.34. The summed E-state index contributed by atoms with van der Waals surface area (Å²) in [7, 11) is -2.21. The predicted molar refractivity (Wildman–Crippen MR) is 149 cm³/mol. The first-order valence-electron chi connectivity index (χ1n) is 11.9. The van der Waals surface area contributed by atoms with E-state index >= 15 is 0 Å². The van der Waals surface area contributed by atoms with Gasteiger partial charge in [0, 0.05) is 19.2 Å². The number of aryl methyl sites for hydroxylation is 1. The Morgan fingerprint density at radius 3 is 2.67 bits per heavy atom. The Morgan fingerprint density at radius 1 is 1.18 bits per heavy atom. The number of sulfonamides is 1. The Bertz CT molecular complexity index is 1730. The lowest BCUT2D eigenvalue weighted by atomic mass is 10.1. The van der Waals surface area contributed by atoms with E-state index in [-0.39, 0.29) is 30.4 Å². The van der Waals surface area contributed by atoms with E-state index in [1.165, 1.54) is 11.0 Å². The lowest BCUT2D eigenvalue weighted by molar-refractivity contribution is -0.135. The van der Waals surface area contributed by atoms with Crippen LogP contribution >= 0.6 is 0 Å². The maximum atomic E-state index is 13.5. The van der Waals surface area contributed by atoms with Gasteiger partial charge in [-0.25, -0.2) is 13.4 Å². The molecule has 0 fully saturated rings. The van der Waals surface area contributed by atoms with Crippen LogP contribution in [0.15, 0.2) is 71.6 Å². The number of fused-ring (bicyclic) bond motifs is 2. The van der Waals surface area contributed by atoms with Crippen LogP contribution in [0, 0.1) is 5.41 Å². The molecule has 0 aliphatic carbocycles. The number of benzene rings is 3. The highest BCUT2D eigenvalue weighted by molar-refractivity contribution is 7.92. The van der Waals surface area contributed by atoms with Crippen LogP contribution < -0.4 is 20.1 Å². The number of carboxylic acid groups (broad SMARTS) is 1.